The van der Waals surface area contributed by atoms with Gasteiger partial charge >= 0.3 is 6.18 Å². The van der Waals surface area contributed by atoms with Gasteiger partial charge in [0.25, 0.3) is 5.69 Å². The smallest absolute Gasteiger partial charge is 0.273 e. The minimum atomic E-state index is -4.66. The van der Waals surface area contributed by atoms with Crippen LogP contribution in [0.15, 0.2) is 18.2 Å². The van der Waals surface area contributed by atoms with Gasteiger partial charge < -0.3 is 0 Å². The minimum absolute atomic E-state index is 0.0393. The maximum absolute atomic E-state index is 13.3. The largest absolute Gasteiger partial charge is 0.418 e. The molecule has 0 bridgehead atoms. The molecule has 0 amide bonds. The molecule has 2 aliphatic carbocycles. The van der Waals surface area contributed by atoms with Gasteiger partial charge in [0.2, 0.25) is 0 Å². The van der Waals surface area contributed by atoms with E-state index in [2.05, 4.69) is 0 Å². The maximum Gasteiger partial charge on any atom is 0.418 e. The van der Waals surface area contributed by atoms with Crippen molar-refractivity contribution >= 4 is 11.4 Å². The predicted octanol–water partition coefficient (Wildman–Crippen LogP) is 3.53. The molecule has 1 heterocycles. The summed E-state index contributed by atoms with van der Waals surface area (Å²) in [5.74, 6) is 0.445. The number of alkyl halides is 3. The number of halogens is 3. The fraction of sp³-hybridized carbons (Fsp3) is 0.571. The number of anilines is 1. The van der Waals surface area contributed by atoms with Gasteiger partial charge in [0.1, 0.15) is 0 Å². The summed E-state index contributed by atoms with van der Waals surface area (Å²) in [6, 6.07) is 2.78. The van der Waals surface area contributed by atoms with Crippen molar-refractivity contribution in [1.82, 2.24) is 0 Å². The topological polar surface area (TPSA) is 55.6 Å². The number of nitro benzene ring substituents is 1. The number of hydroxylamine groups is 1. The zero-order valence-electron chi connectivity index (χ0n) is 11.5. The SMILES string of the molecule is O=[N+]([O-])c1ccc(N2OCC3CCC34CC24)c(C(F)(F)F)c1. The summed E-state index contributed by atoms with van der Waals surface area (Å²) in [5.41, 5.74) is -1.59. The molecule has 0 radical (unpaired) electrons. The summed E-state index contributed by atoms with van der Waals surface area (Å²) in [5, 5.41) is 12.1. The standard InChI is InChI=1S/C14H13F3N2O3/c15-14(16,17)10-5-9(19(20)21)1-2-11(10)18-12-6-13(12)4-3-8(13)7-22-18/h1-2,5,8,12H,3-4,6-7H2. The highest BCUT2D eigenvalue weighted by Crippen LogP contribution is 2.69. The summed E-state index contributed by atoms with van der Waals surface area (Å²) < 4.78 is 39.8. The van der Waals surface area contributed by atoms with Crippen molar-refractivity contribution in [2.24, 2.45) is 11.3 Å². The highest BCUT2D eigenvalue weighted by atomic mass is 19.4. The van der Waals surface area contributed by atoms with E-state index in [0.29, 0.717) is 18.6 Å². The Morgan fingerprint density at radius 3 is 2.77 bits per heavy atom. The monoisotopic (exact) mass is 314 g/mol. The molecule has 0 N–H and O–H groups in total. The summed E-state index contributed by atoms with van der Waals surface area (Å²) in [6.07, 6.45) is -1.73. The van der Waals surface area contributed by atoms with Gasteiger partial charge in [0.05, 0.1) is 28.8 Å². The molecule has 3 unspecified atom stereocenters. The first kappa shape index (κ1) is 13.8. The second-order valence-corrected chi connectivity index (χ2v) is 6.27. The van der Waals surface area contributed by atoms with Crippen molar-refractivity contribution in [2.75, 3.05) is 11.7 Å². The Hall–Kier alpha value is -1.83. The molecule has 118 valence electrons. The molecule has 3 fully saturated rings. The Kier molecular flexibility index (Phi) is 2.59. The number of hydrogen-bond donors (Lipinski definition) is 0. The van der Waals surface area contributed by atoms with Crippen molar-refractivity contribution in [3.05, 3.63) is 33.9 Å². The van der Waals surface area contributed by atoms with Crippen LogP contribution in [0.5, 0.6) is 0 Å². The second-order valence-electron chi connectivity index (χ2n) is 6.27. The van der Waals surface area contributed by atoms with Crippen molar-refractivity contribution < 1.29 is 22.9 Å². The molecule has 1 aliphatic heterocycles. The van der Waals surface area contributed by atoms with Crippen LogP contribution in [-0.4, -0.2) is 17.6 Å². The third-order valence-corrected chi connectivity index (χ3v) is 5.28. The quantitative estimate of drug-likeness (QED) is 0.619. The number of benzene rings is 1. The Balaban J connectivity index is 1.74. The van der Waals surface area contributed by atoms with Gasteiger partial charge in [-0.1, -0.05) is 0 Å². The van der Waals surface area contributed by atoms with Gasteiger partial charge in [-0.05, 0) is 31.2 Å². The van der Waals surface area contributed by atoms with E-state index in [1.165, 1.54) is 5.06 Å². The number of hydrogen-bond acceptors (Lipinski definition) is 4. The van der Waals surface area contributed by atoms with Crippen LogP contribution in [-0.2, 0) is 11.0 Å². The van der Waals surface area contributed by atoms with Crippen molar-refractivity contribution in [2.45, 2.75) is 31.5 Å². The maximum atomic E-state index is 13.3. The molecule has 1 saturated heterocycles. The third-order valence-electron chi connectivity index (χ3n) is 5.28. The molecule has 5 nitrogen and oxygen atoms in total. The summed E-state index contributed by atoms with van der Waals surface area (Å²) in [4.78, 5) is 15.5. The number of nitrogens with zero attached hydrogens (tertiary/aromatic N) is 2. The van der Waals surface area contributed by atoms with E-state index < -0.39 is 22.4 Å². The minimum Gasteiger partial charge on any atom is -0.273 e. The highest BCUT2D eigenvalue weighted by Gasteiger charge is 2.69. The van der Waals surface area contributed by atoms with E-state index >= 15 is 0 Å². The van der Waals surface area contributed by atoms with Crippen molar-refractivity contribution in [3.8, 4) is 0 Å². The lowest BCUT2D eigenvalue weighted by Crippen LogP contribution is -2.47. The Bertz CT molecular complexity index is 663. The van der Waals surface area contributed by atoms with E-state index in [1.807, 2.05) is 0 Å². The summed E-state index contributed by atoms with van der Waals surface area (Å²) in [6.45, 7) is 0.421. The van der Waals surface area contributed by atoms with Gasteiger partial charge in [-0.3, -0.25) is 15.0 Å². The zero-order valence-corrected chi connectivity index (χ0v) is 11.5. The van der Waals surface area contributed by atoms with E-state index in [-0.39, 0.29) is 17.1 Å². The van der Waals surface area contributed by atoms with Crippen LogP contribution in [0, 0.1) is 21.4 Å². The molecule has 8 heteroatoms. The third kappa shape index (κ3) is 1.76. The molecule has 2 saturated carbocycles. The first-order valence-corrected chi connectivity index (χ1v) is 7.11. The van der Waals surface area contributed by atoms with Crippen LogP contribution < -0.4 is 5.06 Å². The highest BCUT2D eigenvalue weighted by molar-refractivity contribution is 5.60. The van der Waals surface area contributed by atoms with Crippen LogP contribution >= 0.6 is 0 Å². The number of non-ortho nitro benzene ring substituents is 1. The molecule has 3 atom stereocenters. The van der Waals surface area contributed by atoms with E-state index in [4.69, 9.17) is 4.84 Å². The van der Waals surface area contributed by atoms with Crippen LogP contribution in [0.4, 0.5) is 24.5 Å². The molecule has 1 aromatic carbocycles. The fourth-order valence-corrected chi connectivity index (χ4v) is 3.85. The molecule has 22 heavy (non-hydrogen) atoms. The molecule has 1 aromatic rings. The summed E-state index contributed by atoms with van der Waals surface area (Å²) in [7, 11) is 0. The van der Waals surface area contributed by atoms with E-state index in [0.717, 1.165) is 31.4 Å². The molecule has 4 rings (SSSR count). The van der Waals surface area contributed by atoms with Gasteiger partial charge in [-0.25, -0.2) is 5.06 Å². The first-order chi connectivity index (χ1) is 10.3. The van der Waals surface area contributed by atoms with Crippen molar-refractivity contribution in [1.29, 1.82) is 0 Å². The molecular formula is C14H13F3N2O3. The lowest BCUT2D eigenvalue weighted by atomic mass is 9.69. The fourth-order valence-electron chi connectivity index (χ4n) is 3.85. The normalized spacial score (nSPS) is 32.8. The predicted molar refractivity (Wildman–Crippen MR) is 70.1 cm³/mol. The van der Waals surface area contributed by atoms with Crippen molar-refractivity contribution in [3.63, 3.8) is 0 Å². The number of nitro groups is 1. The molecular weight excluding hydrogens is 301 g/mol. The molecule has 0 aromatic heterocycles. The Morgan fingerprint density at radius 2 is 2.18 bits per heavy atom. The first-order valence-electron chi connectivity index (χ1n) is 7.11. The average molecular weight is 314 g/mol. The second kappa shape index (κ2) is 4.13. The Morgan fingerprint density at radius 1 is 1.41 bits per heavy atom. The molecule has 1 spiro atoms. The Labute approximate surface area is 123 Å². The average Bonchev–Trinajstić information content (AvgIpc) is 3.18. The lowest BCUT2D eigenvalue weighted by Gasteiger charge is -2.45. The van der Waals surface area contributed by atoms with Gasteiger partial charge in [-0.2, -0.15) is 13.2 Å². The zero-order chi connectivity index (χ0) is 15.7. The van der Waals surface area contributed by atoms with Gasteiger partial charge in [-0.15, -0.1) is 0 Å². The summed E-state index contributed by atoms with van der Waals surface area (Å²) >= 11 is 0. The van der Waals surface area contributed by atoms with E-state index in [1.54, 1.807) is 0 Å². The van der Waals surface area contributed by atoms with Crippen LogP contribution in [0.2, 0.25) is 0 Å². The van der Waals surface area contributed by atoms with Crippen LogP contribution in [0.3, 0.4) is 0 Å². The molecule has 3 aliphatic rings. The van der Waals surface area contributed by atoms with Crippen LogP contribution in [0.25, 0.3) is 0 Å². The van der Waals surface area contributed by atoms with Gasteiger partial charge in [0, 0.05) is 17.5 Å². The number of rotatable bonds is 2. The van der Waals surface area contributed by atoms with E-state index in [9.17, 15) is 23.3 Å². The van der Waals surface area contributed by atoms with Gasteiger partial charge in [0.15, 0.2) is 0 Å². The lowest BCUT2D eigenvalue weighted by molar-refractivity contribution is -0.385. The van der Waals surface area contributed by atoms with Crippen LogP contribution in [0.1, 0.15) is 24.8 Å².